The van der Waals surface area contributed by atoms with Crippen LogP contribution in [0, 0.1) is 6.92 Å². The molecule has 2 aromatic rings. The zero-order chi connectivity index (χ0) is 20.8. The number of carbonyl (C=O) groups excluding carboxylic acids is 2. The monoisotopic (exact) mass is 399 g/mol. The molecule has 156 valence electrons. The van der Waals surface area contributed by atoms with E-state index in [1.807, 2.05) is 45.0 Å². The Morgan fingerprint density at radius 3 is 2.62 bits per heavy atom. The molecule has 0 saturated carbocycles. The third-order valence-corrected chi connectivity index (χ3v) is 5.31. The number of aryl methyl sites for hydroxylation is 1. The molecule has 1 aliphatic rings. The van der Waals surface area contributed by atoms with Crippen molar-refractivity contribution in [2.75, 3.05) is 25.0 Å². The van der Waals surface area contributed by atoms with Gasteiger partial charge in [-0.25, -0.2) is 0 Å². The number of benzene rings is 1. The molecule has 7 heteroatoms. The van der Waals surface area contributed by atoms with Gasteiger partial charge in [0.25, 0.3) is 5.91 Å². The molecule has 1 aromatic heterocycles. The lowest BCUT2D eigenvalue weighted by Gasteiger charge is -2.35. The molecule has 1 aliphatic heterocycles. The first-order valence-corrected chi connectivity index (χ1v) is 10.1. The number of anilines is 1. The maximum atomic E-state index is 12.7. The van der Waals surface area contributed by atoms with Crippen LogP contribution in [0.15, 0.2) is 41.0 Å². The fourth-order valence-electron chi connectivity index (χ4n) is 3.54. The topological polar surface area (TPSA) is 83.8 Å². The van der Waals surface area contributed by atoms with E-state index in [1.165, 1.54) is 6.26 Å². The summed E-state index contributed by atoms with van der Waals surface area (Å²) in [5, 5.41) is 6.01. The highest BCUT2D eigenvalue weighted by atomic mass is 16.5. The summed E-state index contributed by atoms with van der Waals surface area (Å²) in [6.07, 6.45) is 3.11. The van der Waals surface area contributed by atoms with Gasteiger partial charge in [-0.1, -0.05) is 12.1 Å². The second kappa shape index (κ2) is 9.60. The highest BCUT2D eigenvalue weighted by Crippen LogP contribution is 2.24. The second-order valence-electron chi connectivity index (χ2n) is 7.31. The highest BCUT2D eigenvalue weighted by molar-refractivity contribution is 5.96. The van der Waals surface area contributed by atoms with E-state index in [0.717, 1.165) is 31.5 Å². The van der Waals surface area contributed by atoms with Crippen LogP contribution in [-0.4, -0.2) is 48.5 Å². The number of para-hydroxylation sites is 2. The molecule has 2 N–H and O–H groups in total. The van der Waals surface area contributed by atoms with Gasteiger partial charge < -0.3 is 19.8 Å². The Labute approximate surface area is 171 Å². The average Bonchev–Trinajstić information content (AvgIpc) is 3.15. The number of nitrogens with one attached hydrogen (secondary N) is 2. The zero-order valence-electron chi connectivity index (χ0n) is 17.2. The van der Waals surface area contributed by atoms with Crippen LogP contribution in [0.25, 0.3) is 0 Å². The van der Waals surface area contributed by atoms with E-state index in [0.29, 0.717) is 23.8 Å². The average molecular weight is 399 g/mol. The quantitative estimate of drug-likeness (QED) is 0.747. The van der Waals surface area contributed by atoms with Crippen LogP contribution < -0.4 is 15.4 Å². The molecule has 0 bridgehead atoms. The van der Waals surface area contributed by atoms with E-state index in [9.17, 15) is 9.59 Å². The molecule has 2 amide bonds. The van der Waals surface area contributed by atoms with E-state index in [1.54, 1.807) is 6.07 Å². The van der Waals surface area contributed by atoms with Crippen molar-refractivity contribution in [2.24, 2.45) is 0 Å². The fourth-order valence-corrected chi connectivity index (χ4v) is 3.54. The maximum Gasteiger partial charge on any atom is 0.287 e. The minimum absolute atomic E-state index is 0.0640. The van der Waals surface area contributed by atoms with Crippen molar-refractivity contribution in [3.05, 3.63) is 47.9 Å². The number of amides is 2. The minimum atomic E-state index is -0.270. The third kappa shape index (κ3) is 5.17. The van der Waals surface area contributed by atoms with E-state index < -0.39 is 0 Å². The Kier molecular flexibility index (Phi) is 6.93. The van der Waals surface area contributed by atoms with E-state index >= 15 is 0 Å². The smallest absolute Gasteiger partial charge is 0.287 e. The number of furan rings is 1. The number of carbonyl (C=O) groups is 2. The molecule has 1 atom stereocenters. The van der Waals surface area contributed by atoms with Crippen LogP contribution >= 0.6 is 0 Å². The number of rotatable bonds is 7. The van der Waals surface area contributed by atoms with Gasteiger partial charge in [0, 0.05) is 24.7 Å². The maximum absolute atomic E-state index is 12.7. The Bertz CT molecular complexity index is 840. The van der Waals surface area contributed by atoms with Gasteiger partial charge in [-0.3, -0.25) is 14.5 Å². The molecule has 2 heterocycles. The van der Waals surface area contributed by atoms with Crippen LogP contribution in [0.5, 0.6) is 5.75 Å². The van der Waals surface area contributed by atoms with Crippen molar-refractivity contribution >= 4 is 17.5 Å². The summed E-state index contributed by atoms with van der Waals surface area (Å²) < 4.78 is 10.8. The van der Waals surface area contributed by atoms with Gasteiger partial charge in [0.05, 0.1) is 24.6 Å². The Balaban J connectivity index is 1.50. The lowest BCUT2D eigenvalue weighted by atomic mass is 10.0. The Morgan fingerprint density at radius 2 is 1.97 bits per heavy atom. The molecule has 7 nitrogen and oxygen atoms in total. The number of piperidine rings is 1. The summed E-state index contributed by atoms with van der Waals surface area (Å²) >= 11 is 0. The summed E-state index contributed by atoms with van der Waals surface area (Å²) in [4.78, 5) is 27.2. The second-order valence-corrected chi connectivity index (χ2v) is 7.31. The standard InChI is InChI=1S/C22H29N3O4/c1-4-28-19-8-6-5-7-18(19)24-21(26)16(3)25-12-9-17(10-13-25)23-22(27)20-15(2)11-14-29-20/h5-8,11,14,16-17H,4,9-10,12-13H2,1-3H3,(H,23,27)(H,24,26). The van der Waals surface area contributed by atoms with Crippen molar-refractivity contribution < 1.29 is 18.7 Å². The predicted octanol–water partition coefficient (Wildman–Crippen LogP) is 3.21. The highest BCUT2D eigenvalue weighted by Gasteiger charge is 2.28. The number of hydrogen-bond donors (Lipinski definition) is 2. The molecule has 1 aromatic carbocycles. The van der Waals surface area contributed by atoms with Crippen LogP contribution in [0.3, 0.4) is 0 Å². The zero-order valence-corrected chi connectivity index (χ0v) is 17.2. The molecular formula is C22H29N3O4. The normalized spacial score (nSPS) is 16.2. The van der Waals surface area contributed by atoms with Crippen LogP contribution in [0.2, 0.25) is 0 Å². The fraction of sp³-hybridized carbons (Fsp3) is 0.455. The molecular weight excluding hydrogens is 370 g/mol. The van der Waals surface area contributed by atoms with E-state index in [4.69, 9.17) is 9.15 Å². The molecule has 0 spiro atoms. The van der Waals surface area contributed by atoms with Crippen molar-refractivity contribution in [3.63, 3.8) is 0 Å². The molecule has 3 rings (SSSR count). The van der Waals surface area contributed by atoms with Gasteiger partial charge in [-0.05, 0) is 51.8 Å². The summed E-state index contributed by atoms with van der Waals surface area (Å²) in [5.74, 6) is 0.799. The van der Waals surface area contributed by atoms with Crippen LogP contribution in [0.1, 0.15) is 42.8 Å². The third-order valence-electron chi connectivity index (χ3n) is 5.31. The van der Waals surface area contributed by atoms with Gasteiger partial charge in [-0.2, -0.15) is 0 Å². The van der Waals surface area contributed by atoms with Gasteiger partial charge in [0.2, 0.25) is 5.91 Å². The number of ether oxygens (including phenoxy) is 1. The van der Waals surface area contributed by atoms with Crippen molar-refractivity contribution in [3.8, 4) is 5.75 Å². The molecule has 0 aliphatic carbocycles. The number of likely N-dealkylation sites (tertiary alicyclic amines) is 1. The number of hydrogen-bond acceptors (Lipinski definition) is 5. The van der Waals surface area contributed by atoms with Gasteiger partial charge in [0.1, 0.15) is 5.75 Å². The summed E-state index contributed by atoms with van der Waals surface area (Å²) in [6.45, 7) is 7.69. The summed E-state index contributed by atoms with van der Waals surface area (Å²) in [6, 6.07) is 9.03. The molecule has 1 saturated heterocycles. The van der Waals surface area contributed by atoms with Gasteiger partial charge in [0.15, 0.2) is 5.76 Å². The van der Waals surface area contributed by atoms with Crippen LogP contribution in [0.4, 0.5) is 5.69 Å². The molecule has 29 heavy (non-hydrogen) atoms. The first-order chi connectivity index (χ1) is 14.0. The lowest BCUT2D eigenvalue weighted by molar-refractivity contribution is -0.121. The van der Waals surface area contributed by atoms with Crippen molar-refractivity contribution in [2.45, 2.75) is 45.7 Å². The summed E-state index contributed by atoms with van der Waals surface area (Å²) in [7, 11) is 0. The largest absolute Gasteiger partial charge is 0.492 e. The summed E-state index contributed by atoms with van der Waals surface area (Å²) in [5.41, 5.74) is 1.51. The van der Waals surface area contributed by atoms with E-state index in [2.05, 4.69) is 15.5 Å². The molecule has 1 unspecified atom stereocenters. The molecule has 0 radical (unpaired) electrons. The minimum Gasteiger partial charge on any atom is -0.492 e. The number of nitrogens with zero attached hydrogens (tertiary/aromatic N) is 1. The first-order valence-electron chi connectivity index (χ1n) is 10.1. The SMILES string of the molecule is CCOc1ccccc1NC(=O)C(C)N1CCC(NC(=O)c2occc2C)CC1. The Hall–Kier alpha value is -2.80. The predicted molar refractivity (Wildman–Crippen MR) is 111 cm³/mol. The first kappa shape index (κ1) is 20.9. The lowest BCUT2D eigenvalue weighted by Crippen LogP contribution is -2.50. The van der Waals surface area contributed by atoms with Crippen LogP contribution in [-0.2, 0) is 4.79 Å². The van der Waals surface area contributed by atoms with Crippen molar-refractivity contribution in [1.82, 2.24) is 10.2 Å². The van der Waals surface area contributed by atoms with Gasteiger partial charge in [-0.15, -0.1) is 0 Å². The van der Waals surface area contributed by atoms with Crippen molar-refractivity contribution in [1.29, 1.82) is 0 Å². The molecule has 1 fully saturated rings. The Morgan fingerprint density at radius 1 is 1.24 bits per heavy atom. The van der Waals surface area contributed by atoms with E-state index in [-0.39, 0.29) is 23.9 Å². The van der Waals surface area contributed by atoms with Gasteiger partial charge >= 0.3 is 0 Å².